The molecular formula is C16H13Br2NO4. The van der Waals surface area contributed by atoms with Crippen molar-refractivity contribution in [1.29, 1.82) is 0 Å². The van der Waals surface area contributed by atoms with Crippen LogP contribution in [0.15, 0.2) is 62.8 Å². The Morgan fingerprint density at radius 3 is 2.30 bits per heavy atom. The lowest BCUT2D eigenvalue weighted by Crippen LogP contribution is -2.26. The summed E-state index contributed by atoms with van der Waals surface area (Å²) in [5.41, 5.74) is 0.879. The highest BCUT2D eigenvalue weighted by molar-refractivity contribution is 9.13. The summed E-state index contributed by atoms with van der Waals surface area (Å²) in [5, 5.41) is 0. The number of rotatable bonds is 3. The van der Waals surface area contributed by atoms with Crippen LogP contribution in [0.25, 0.3) is 0 Å². The molecule has 5 nitrogen and oxygen atoms in total. The van der Waals surface area contributed by atoms with E-state index < -0.39 is 11.9 Å². The van der Waals surface area contributed by atoms with Crippen LogP contribution >= 0.6 is 31.9 Å². The van der Waals surface area contributed by atoms with Crippen molar-refractivity contribution in [3.05, 3.63) is 62.8 Å². The summed E-state index contributed by atoms with van der Waals surface area (Å²) in [6.45, 7) is 0. The SMILES string of the molecule is COC(=O)C1=C(C(=O)OC)N(c2ccc(Br)c(Br)c2)C=CC=C1. The standard InChI is InChI=1S/C16H13Br2NO4/c1-22-15(20)11-5-3-4-8-19(14(11)16(21)23-2)10-6-7-12(17)13(18)9-10/h3-9H,1-2H3. The molecule has 0 saturated carbocycles. The molecule has 0 saturated heterocycles. The minimum Gasteiger partial charge on any atom is -0.465 e. The van der Waals surface area contributed by atoms with Gasteiger partial charge in [0.2, 0.25) is 0 Å². The van der Waals surface area contributed by atoms with Crippen LogP contribution in [0.4, 0.5) is 5.69 Å². The van der Waals surface area contributed by atoms with Crippen LogP contribution in [-0.2, 0) is 19.1 Å². The van der Waals surface area contributed by atoms with Gasteiger partial charge in [-0.25, -0.2) is 9.59 Å². The molecule has 0 fully saturated rings. The fourth-order valence-corrected chi connectivity index (χ4v) is 2.61. The molecule has 0 spiro atoms. The molecule has 0 bridgehead atoms. The molecule has 0 aliphatic carbocycles. The molecule has 1 aromatic carbocycles. The number of methoxy groups -OCH3 is 2. The average Bonchev–Trinajstić information content (AvgIpc) is 2.78. The van der Waals surface area contributed by atoms with Crippen LogP contribution in [0.1, 0.15) is 0 Å². The Morgan fingerprint density at radius 1 is 1.00 bits per heavy atom. The van der Waals surface area contributed by atoms with E-state index in [1.807, 2.05) is 18.2 Å². The Morgan fingerprint density at radius 2 is 1.70 bits per heavy atom. The molecule has 23 heavy (non-hydrogen) atoms. The number of esters is 2. The van der Waals surface area contributed by atoms with Crippen LogP contribution in [0.2, 0.25) is 0 Å². The van der Waals surface area contributed by atoms with E-state index in [2.05, 4.69) is 31.9 Å². The molecule has 120 valence electrons. The van der Waals surface area contributed by atoms with Gasteiger partial charge in [0, 0.05) is 20.8 Å². The second kappa shape index (κ2) is 7.61. The summed E-state index contributed by atoms with van der Waals surface area (Å²) in [6.07, 6.45) is 6.56. The number of allylic oxidation sites excluding steroid dienone is 2. The zero-order valence-corrected chi connectivity index (χ0v) is 15.5. The van der Waals surface area contributed by atoms with Crippen LogP contribution in [0.3, 0.4) is 0 Å². The predicted octanol–water partition coefficient (Wildman–Crippen LogP) is 3.70. The van der Waals surface area contributed by atoms with E-state index in [4.69, 9.17) is 9.47 Å². The largest absolute Gasteiger partial charge is 0.465 e. The van der Waals surface area contributed by atoms with E-state index in [-0.39, 0.29) is 11.3 Å². The van der Waals surface area contributed by atoms with Gasteiger partial charge in [0.05, 0.1) is 19.8 Å². The highest BCUT2D eigenvalue weighted by atomic mass is 79.9. The van der Waals surface area contributed by atoms with E-state index >= 15 is 0 Å². The first-order chi connectivity index (χ1) is 11.0. The second-order valence-corrected chi connectivity index (χ2v) is 6.12. The average molecular weight is 443 g/mol. The number of carbonyl (C=O) groups is 2. The summed E-state index contributed by atoms with van der Waals surface area (Å²) in [5.74, 6) is -1.26. The maximum Gasteiger partial charge on any atom is 0.355 e. The van der Waals surface area contributed by atoms with Crippen LogP contribution < -0.4 is 4.90 Å². The van der Waals surface area contributed by atoms with E-state index in [1.54, 1.807) is 23.3 Å². The number of hydrogen-bond acceptors (Lipinski definition) is 5. The zero-order valence-electron chi connectivity index (χ0n) is 12.4. The molecule has 1 aliphatic heterocycles. The molecule has 2 rings (SSSR count). The van der Waals surface area contributed by atoms with Gasteiger partial charge in [0.15, 0.2) is 0 Å². The second-order valence-electron chi connectivity index (χ2n) is 4.41. The molecular weight excluding hydrogens is 430 g/mol. The Kier molecular flexibility index (Phi) is 5.79. The van der Waals surface area contributed by atoms with Crippen molar-refractivity contribution < 1.29 is 19.1 Å². The van der Waals surface area contributed by atoms with Gasteiger partial charge in [-0.2, -0.15) is 0 Å². The third-order valence-electron chi connectivity index (χ3n) is 3.07. The highest BCUT2D eigenvalue weighted by Crippen LogP contribution is 2.32. The van der Waals surface area contributed by atoms with Gasteiger partial charge in [-0.15, -0.1) is 0 Å². The van der Waals surface area contributed by atoms with Gasteiger partial charge in [-0.1, -0.05) is 6.08 Å². The zero-order chi connectivity index (χ0) is 17.0. The Bertz CT molecular complexity index is 738. The summed E-state index contributed by atoms with van der Waals surface area (Å²) < 4.78 is 11.3. The summed E-state index contributed by atoms with van der Waals surface area (Å²) in [6, 6.07) is 5.46. The lowest BCUT2D eigenvalue weighted by atomic mass is 10.1. The first-order valence-electron chi connectivity index (χ1n) is 6.49. The Hall–Kier alpha value is -1.86. The summed E-state index contributed by atoms with van der Waals surface area (Å²) in [7, 11) is 2.52. The number of nitrogens with zero attached hydrogens (tertiary/aromatic N) is 1. The summed E-state index contributed by atoms with van der Waals surface area (Å²) >= 11 is 6.83. The molecule has 1 aromatic rings. The molecule has 0 N–H and O–H groups in total. The lowest BCUT2D eigenvalue weighted by Gasteiger charge is -2.23. The van der Waals surface area contributed by atoms with E-state index in [9.17, 15) is 9.59 Å². The summed E-state index contributed by atoms with van der Waals surface area (Å²) in [4.78, 5) is 25.9. The van der Waals surface area contributed by atoms with Crippen molar-refractivity contribution in [2.45, 2.75) is 0 Å². The molecule has 1 aliphatic rings. The van der Waals surface area contributed by atoms with Gasteiger partial charge in [0.1, 0.15) is 5.70 Å². The van der Waals surface area contributed by atoms with Crippen LogP contribution in [0.5, 0.6) is 0 Å². The highest BCUT2D eigenvalue weighted by Gasteiger charge is 2.27. The number of carbonyl (C=O) groups excluding carboxylic acids is 2. The molecule has 0 unspecified atom stereocenters. The van der Waals surface area contributed by atoms with Crippen molar-refractivity contribution in [2.24, 2.45) is 0 Å². The Balaban J connectivity index is 2.65. The fourth-order valence-electron chi connectivity index (χ4n) is 2.00. The van der Waals surface area contributed by atoms with Crippen LogP contribution in [0, 0.1) is 0 Å². The van der Waals surface area contributed by atoms with E-state index in [0.29, 0.717) is 5.69 Å². The lowest BCUT2D eigenvalue weighted by molar-refractivity contribution is -0.139. The number of halogens is 2. The maximum atomic E-state index is 12.3. The smallest absolute Gasteiger partial charge is 0.355 e. The van der Waals surface area contributed by atoms with E-state index in [1.165, 1.54) is 20.3 Å². The maximum absolute atomic E-state index is 12.3. The topological polar surface area (TPSA) is 55.8 Å². The number of anilines is 1. The van der Waals surface area contributed by atoms with Crippen molar-refractivity contribution in [3.8, 4) is 0 Å². The minimum absolute atomic E-state index is 0.0820. The van der Waals surface area contributed by atoms with Gasteiger partial charge in [0.25, 0.3) is 0 Å². The van der Waals surface area contributed by atoms with Crippen LogP contribution in [-0.4, -0.2) is 26.2 Å². The molecule has 0 radical (unpaired) electrons. The van der Waals surface area contributed by atoms with Crippen molar-refractivity contribution in [3.63, 3.8) is 0 Å². The molecule has 7 heteroatoms. The fraction of sp³-hybridized carbons (Fsp3) is 0.125. The van der Waals surface area contributed by atoms with E-state index in [0.717, 1.165) is 8.95 Å². The minimum atomic E-state index is -0.638. The quantitative estimate of drug-likeness (QED) is 0.668. The molecule has 0 amide bonds. The third-order valence-corrected chi connectivity index (χ3v) is 4.95. The van der Waals surface area contributed by atoms with Gasteiger partial charge < -0.3 is 14.4 Å². The number of benzene rings is 1. The molecule has 0 aromatic heterocycles. The van der Waals surface area contributed by atoms with Gasteiger partial charge in [-0.3, -0.25) is 0 Å². The third kappa shape index (κ3) is 3.73. The van der Waals surface area contributed by atoms with Gasteiger partial charge >= 0.3 is 11.9 Å². The predicted molar refractivity (Wildman–Crippen MR) is 93.7 cm³/mol. The molecule has 1 heterocycles. The molecule has 0 atom stereocenters. The first-order valence-corrected chi connectivity index (χ1v) is 8.08. The van der Waals surface area contributed by atoms with Gasteiger partial charge in [-0.05, 0) is 62.2 Å². The number of ether oxygens (including phenoxy) is 2. The first kappa shape index (κ1) is 17.5. The van der Waals surface area contributed by atoms with Crippen molar-refractivity contribution in [2.75, 3.05) is 19.1 Å². The monoisotopic (exact) mass is 441 g/mol. The Labute approximate surface area is 150 Å². The normalized spacial score (nSPS) is 13.8. The van der Waals surface area contributed by atoms with Crippen molar-refractivity contribution in [1.82, 2.24) is 0 Å². The van der Waals surface area contributed by atoms with Crippen molar-refractivity contribution >= 4 is 49.5 Å². The number of hydrogen-bond donors (Lipinski definition) is 0.